The lowest BCUT2D eigenvalue weighted by Crippen LogP contribution is -2.28. The Morgan fingerprint density at radius 2 is 1.92 bits per heavy atom. The number of hydrogen-bond acceptors (Lipinski definition) is 3. The van der Waals surface area contributed by atoms with Crippen molar-refractivity contribution in [1.29, 1.82) is 0 Å². The first-order valence-electron chi connectivity index (χ1n) is 9.82. The molecule has 138 valence electrons. The highest BCUT2D eigenvalue weighted by Gasteiger charge is 2.47. The van der Waals surface area contributed by atoms with Crippen molar-refractivity contribution in [3.63, 3.8) is 0 Å². The summed E-state index contributed by atoms with van der Waals surface area (Å²) in [6.07, 6.45) is 15.4. The second-order valence-corrected chi connectivity index (χ2v) is 7.22. The number of rotatable bonds is 13. The molecule has 2 aliphatic rings. The fourth-order valence-electron chi connectivity index (χ4n) is 4.12. The summed E-state index contributed by atoms with van der Waals surface area (Å²) in [6.45, 7) is 3.97. The van der Waals surface area contributed by atoms with Crippen LogP contribution in [0.15, 0.2) is 12.2 Å². The lowest BCUT2D eigenvalue weighted by Gasteiger charge is -2.27. The van der Waals surface area contributed by atoms with Crippen LogP contribution in [0.4, 0.5) is 0 Å². The Hall–Kier alpha value is -0.870. The molecule has 4 atom stereocenters. The first-order chi connectivity index (χ1) is 11.7. The van der Waals surface area contributed by atoms with E-state index in [0.717, 1.165) is 38.9 Å². The minimum Gasteiger partial charge on any atom is -0.481 e. The number of ether oxygens (including phenoxy) is 2. The molecule has 0 spiro atoms. The molecular weight excluding hydrogens is 304 g/mol. The van der Waals surface area contributed by atoms with Crippen LogP contribution in [0.25, 0.3) is 0 Å². The van der Waals surface area contributed by atoms with Crippen LogP contribution in [-0.4, -0.2) is 36.5 Å². The fourth-order valence-corrected chi connectivity index (χ4v) is 4.12. The Kier molecular flexibility index (Phi) is 8.82. The van der Waals surface area contributed by atoms with Gasteiger partial charge in [-0.25, -0.2) is 0 Å². The Morgan fingerprint density at radius 1 is 1.12 bits per heavy atom. The highest BCUT2D eigenvalue weighted by molar-refractivity contribution is 5.66. The van der Waals surface area contributed by atoms with Gasteiger partial charge in [0.1, 0.15) is 0 Å². The number of hydrogen-bond donors (Lipinski definition) is 1. The van der Waals surface area contributed by atoms with Crippen LogP contribution in [0.2, 0.25) is 0 Å². The van der Waals surface area contributed by atoms with E-state index in [-0.39, 0.29) is 6.42 Å². The topological polar surface area (TPSA) is 55.8 Å². The molecule has 4 heteroatoms. The first-order valence-corrected chi connectivity index (χ1v) is 9.82. The minimum atomic E-state index is -0.705. The van der Waals surface area contributed by atoms with Gasteiger partial charge in [-0.15, -0.1) is 0 Å². The third kappa shape index (κ3) is 6.21. The zero-order chi connectivity index (χ0) is 17.2. The van der Waals surface area contributed by atoms with Crippen molar-refractivity contribution < 1.29 is 19.4 Å². The summed E-state index contributed by atoms with van der Waals surface area (Å²) in [5, 5.41) is 8.65. The van der Waals surface area contributed by atoms with Gasteiger partial charge in [0.15, 0.2) is 0 Å². The summed E-state index contributed by atoms with van der Waals surface area (Å²) in [5.74, 6) is 0.557. The van der Waals surface area contributed by atoms with E-state index in [1.54, 1.807) is 0 Å². The summed E-state index contributed by atoms with van der Waals surface area (Å²) in [6, 6.07) is 0. The molecule has 0 radical (unpaired) electrons. The predicted octanol–water partition coefficient (Wildman–Crippen LogP) is 4.58. The van der Waals surface area contributed by atoms with E-state index in [1.807, 2.05) is 0 Å². The first kappa shape index (κ1) is 19.5. The minimum absolute atomic E-state index is 0.263. The van der Waals surface area contributed by atoms with Crippen LogP contribution >= 0.6 is 0 Å². The molecule has 2 aliphatic heterocycles. The van der Waals surface area contributed by atoms with E-state index in [1.165, 1.54) is 32.1 Å². The van der Waals surface area contributed by atoms with Crippen molar-refractivity contribution in [2.24, 2.45) is 11.8 Å². The van der Waals surface area contributed by atoms with E-state index in [2.05, 4.69) is 19.1 Å². The van der Waals surface area contributed by atoms with Crippen LogP contribution in [0.1, 0.15) is 71.1 Å². The van der Waals surface area contributed by atoms with Crippen LogP contribution in [0, 0.1) is 11.8 Å². The van der Waals surface area contributed by atoms with E-state index in [9.17, 15) is 4.79 Å². The van der Waals surface area contributed by atoms with Gasteiger partial charge >= 0.3 is 5.97 Å². The summed E-state index contributed by atoms with van der Waals surface area (Å²) < 4.78 is 11.9. The summed E-state index contributed by atoms with van der Waals surface area (Å²) in [5.41, 5.74) is 0. The Morgan fingerprint density at radius 3 is 2.67 bits per heavy atom. The van der Waals surface area contributed by atoms with Crippen molar-refractivity contribution in [3.05, 3.63) is 12.2 Å². The second-order valence-electron chi connectivity index (χ2n) is 7.22. The maximum absolute atomic E-state index is 10.5. The molecule has 0 aromatic rings. The molecule has 0 aromatic carbocycles. The van der Waals surface area contributed by atoms with E-state index in [4.69, 9.17) is 14.6 Å². The Labute approximate surface area is 146 Å². The van der Waals surface area contributed by atoms with E-state index < -0.39 is 5.97 Å². The zero-order valence-corrected chi connectivity index (χ0v) is 15.1. The van der Waals surface area contributed by atoms with Crippen molar-refractivity contribution in [1.82, 2.24) is 0 Å². The molecule has 0 unspecified atom stereocenters. The Bertz CT molecular complexity index is 393. The van der Waals surface area contributed by atoms with Crippen LogP contribution in [-0.2, 0) is 14.3 Å². The molecule has 1 N–H and O–H groups in total. The Balaban J connectivity index is 1.65. The highest BCUT2D eigenvalue weighted by atomic mass is 16.5. The fraction of sp³-hybridized carbons (Fsp3) is 0.850. The van der Waals surface area contributed by atoms with E-state index >= 15 is 0 Å². The quantitative estimate of drug-likeness (QED) is 0.394. The molecule has 24 heavy (non-hydrogen) atoms. The molecule has 0 saturated carbocycles. The third-order valence-electron chi connectivity index (χ3n) is 5.41. The monoisotopic (exact) mass is 338 g/mol. The molecule has 0 aromatic heterocycles. The van der Waals surface area contributed by atoms with Gasteiger partial charge in [-0.2, -0.15) is 0 Å². The number of allylic oxidation sites excluding steroid dienone is 2. The maximum atomic E-state index is 10.5. The molecular formula is C20H34O4. The smallest absolute Gasteiger partial charge is 0.303 e. The van der Waals surface area contributed by atoms with Gasteiger partial charge in [0, 0.05) is 19.6 Å². The SMILES string of the molecule is CCCCCOCC[C@H]1[C@@H](CC=CCCCC(=O)O)[C@H]2CC[C@@H]1O2. The summed E-state index contributed by atoms with van der Waals surface area (Å²) >= 11 is 0. The molecule has 2 fully saturated rings. The predicted molar refractivity (Wildman–Crippen MR) is 95.1 cm³/mol. The van der Waals surface area contributed by atoms with Gasteiger partial charge in [-0.1, -0.05) is 31.9 Å². The lowest BCUT2D eigenvalue weighted by molar-refractivity contribution is -0.137. The van der Waals surface area contributed by atoms with Gasteiger partial charge in [0.2, 0.25) is 0 Å². The highest BCUT2D eigenvalue weighted by Crippen LogP contribution is 2.46. The molecule has 2 bridgehead atoms. The number of fused-ring (bicyclic) bond motifs is 2. The van der Waals surface area contributed by atoms with E-state index in [0.29, 0.717) is 24.0 Å². The standard InChI is InChI=1S/C20H34O4/c1-2-3-8-14-23-15-13-17-16(18-11-12-19(17)24-18)9-6-4-5-7-10-20(21)22/h4,6,16-19H,2-3,5,7-15H2,1H3,(H,21,22)/t16-,17+,18-,19+/m1/s1. The summed E-state index contributed by atoms with van der Waals surface area (Å²) in [7, 11) is 0. The van der Waals surface area contributed by atoms with Crippen molar-refractivity contribution in [2.45, 2.75) is 83.3 Å². The number of aliphatic carboxylic acids is 1. The van der Waals surface area contributed by atoms with Crippen LogP contribution in [0.3, 0.4) is 0 Å². The molecule has 4 nitrogen and oxygen atoms in total. The van der Waals surface area contributed by atoms with Crippen molar-refractivity contribution >= 4 is 5.97 Å². The number of carbonyl (C=O) groups is 1. The van der Waals surface area contributed by atoms with Gasteiger partial charge in [0.05, 0.1) is 12.2 Å². The zero-order valence-electron chi connectivity index (χ0n) is 15.1. The third-order valence-corrected chi connectivity index (χ3v) is 5.41. The number of carboxylic acid groups (broad SMARTS) is 1. The average molecular weight is 338 g/mol. The van der Waals surface area contributed by atoms with Gasteiger partial charge in [-0.05, 0) is 56.8 Å². The van der Waals surface area contributed by atoms with Crippen LogP contribution < -0.4 is 0 Å². The maximum Gasteiger partial charge on any atom is 0.303 e. The molecule has 2 rings (SSSR count). The van der Waals surface area contributed by atoms with Gasteiger partial charge in [-0.3, -0.25) is 4.79 Å². The molecule has 2 saturated heterocycles. The van der Waals surface area contributed by atoms with Crippen molar-refractivity contribution in [2.75, 3.05) is 13.2 Å². The summed E-state index contributed by atoms with van der Waals surface area (Å²) in [4.78, 5) is 10.5. The number of unbranched alkanes of at least 4 members (excludes halogenated alkanes) is 3. The van der Waals surface area contributed by atoms with Crippen LogP contribution in [0.5, 0.6) is 0 Å². The van der Waals surface area contributed by atoms with Gasteiger partial charge in [0.25, 0.3) is 0 Å². The largest absolute Gasteiger partial charge is 0.481 e. The molecule has 0 aliphatic carbocycles. The number of carboxylic acids is 1. The van der Waals surface area contributed by atoms with Crippen molar-refractivity contribution in [3.8, 4) is 0 Å². The molecule has 0 amide bonds. The normalized spacial score (nSPS) is 28.9. The lowest BCUT2D eigenvalue weighted by atomic mass is 9.76. The molecule has 2 heterocycles. The second kappa shape index (κ2) is 10.9. The average Bonchev–Trinajstić information content (AvgIpc) is 3.15. The van der Waals surface area contributed by atoms with Gasteiger partial charge < -0.3 is 14.6 Å².